The van der Waals surface area contributed by atoms with E-state index in [1.54, 1.807) is 14.1 Å². The van der Waals surface area contributed by atoms with Gasteiger partial charge in [0.1, 0.15) is 17.3 Å². The van der Waals surface area contributed by atoms with E-state index in [0.717, 1.165) is 17.1 Å². The Morgan fingerprint density at radius 1 is 1.12 bits per heavy atom. The van der Waals surface area contributed by atoms with Gasteiger partial charge in [-0.2, -0.15) is 0 Å². The van der Waals surface area contributed by atoms with E-state index in [9.17, 15) is 17.8 Å². The highest BCUT2D eigenvalue weighted by Gasteiger charge is 2.22. The fourth-order valence-electron chi connectivity index (χ4n) is 2.03. The van der Waals surface area contributed by atoms with E-state index >= 15 is 0 Å². The number of ether oxygens (including phenoxy) is 1. The fourth-order valence-corrected chi connectivity index (χ4v) is 4.21. The summed E-state index contributed by atoms with van der Waals surface area (Å²) in [6, 6.07) is 4.15. The van der Waals surface area contributed by atoms with Crippen molar-refractivity contribution in [1.82, 2.24) is 4.90 Å². The first-order chi connectivity index (χ1) is 12.0. The van der Waals surface area contributed by atoms with E-state index < -0.39 is 10.4 Å². The number of aryl methyl sites for hydroxylation is 2. The van der Waals surface area contributed by atoms with Crippen molar-refractivity contribution in [3.8, 4) is 5.75 Å². The molecule has 0 unspecified atom stereocenters. The second kappa shape index (κ2) is 11.4. The van der Waals surface area contributed by atoms with E-state index in [1.807, 2.05) is 13.0 Å². The van der Waals surface area contributed by atoms with Gasteiger partial charge in [0.25, 0.3) is 0 Å². The summed E-state index contributed by atoms with van der Waals surface area (Å²) >= 11 is 0. The Bertz CT molecular complexity index is 685. The van der Waals surface area contributed by atoms with Crippen LogP contribution in [0.25, 0.3) is 0 Å². The molecule has 0 N–H and O–H groups in total. The third-order valence-corrected chi connectivity index (χ3v) is 6.29. The van der Waals surface area contributed by atoms with Gasteiger partial charge in [-0.25, -0.2) is 13.2 Å². The summed E-state index contributed by atoms with van der Waals surface area (Å²) in [6.07, 6.45) is -0.333. The highest BCUT2D eigenvalue weighted by atomic mass is 32.3. The van der Waals surface area contributed by atoms with Gasteiger partial charge in [-0.3, -0.25) is 4.18 Å². The van der Waals surface area contributed by atoms with Crippen molar-refractivity contribution >= 4 is 27.4 Å². The molecule has 7 nitrogen and oxygen atoms in total. The Morgan fingerprint density at radius 3 is 2.00 bits per heavy atom. The van der Waals surface area contributed by atoms with Crippen LogP contribution in [0.5, 0.6) is 5.75 Å². The minimum Gasteiger partial charge on any atom is -0.726 e. The smallest absolute Gasteiger partial charge is 0.414 e. The van der Waals surface area contributed by atoms with Gasteiger partial charge in [-0.05, 0) is 46.2 Å². The van der Waals surface area contributed by atoms with Crippen LogP contribution in [0.1, 0.15) is 31.9 Å². The van der Waals surface area contributed by atoms with Gasteiger partial charge in [0.15, 0.2) is 4.90 Å². The predicted octanol–water partition coefficient (Wildman–Crippen LogP) is 2.86. The van der Waals surface area contributed by atoms with Crippen LogP contribution in [-0.4, -0.2) is 56.2 Å². The van der Waals surface area contributed by atoms with E-state index in [-0.39, 0.29) is 12.7 Å². The zero-order valence-corrected chi connectivity index (χ0v) is 18.1. The van der Waals surface area contributed by atoms with Crippen LogP contribution in [0.3, 0.4) is 0 Å². The van der Waals surface area contributed by atoms with Crippen molar-refractivity contribution in [3.05, 3.63) is 23.3 Å². The number of hydrogen-bond acceptors (Lipinski definition) is 6. The molecule has 1 rings (SSSR count). The maximum absolute atomic E-state index is 11.6. The molecule has 0 aliphatic rings. The summed E-state index contributed by atoms with van der Waals surface area (Å²) in [6.45, 7) is 9.87. The van der Waals surface area contributed by atoms with E-state index in [0.29, 0.717) is 16.6 Å². The topological polar surface area (TPSA) is 96.0 Å². The number of nitrogens with zero attached hydrogens (tertiary/aromatic N) is 1. The van der Waals surface area contributed by atoms with Gasteiger partial charge in [0, 0.05) is 36.6 Å². The fraction of sp³-hybridized carbons (Fsp3) is 0.588. The van der Waals surface area contributed by atoms with Gasteiger partial charge < -0.3 is 14.2 Å². The second-order valence-electron chi connectivity index (χ2n) is 5.53. The second-order valence-corrected chi connectivity index (χ2v) is 9.16. The molecule has 0 atom stereocenters. The Labute approximate surface area is 160 Å². The minimum atomic E-state index is -4.42. The molecule has 1 aromatic carbocycles. The van der Waals surface area contributed by atoms with E-state index in [2.05, 4.69) is 31.0 Å². The summed E-state index contributed by atoms with van der Waals surface area (Å²) in [5.41, 5.74) is 2.23. The molecule has 0 spiro atoms. The number of amides is 1. The number of benzene rings is 1. The molecule has 0 saturated carbocycles. The number of hydrogen-bond donors (Lipinski definition) is 0. The maximum atomic E-state index is 11.6. The molecule has 0 aliphatic carbocycles. The zero-order chi connectivity index (χ0) is 20.5. The number of carbonyl (C=O) groups is 1. The highest BCUT2D eigenvalue weighted by molar-refractivity contribution is 7.96. The molecule has 0 aromatic heterocycles. The van der Waals surface area contributed by atoms with Gasteiger partial charge >= 0.3 is 6.09 Å². The van der Waals surface area contributed by atoms with Gasteiger partial charge in [0.05, 0.1) is 6.61 Å². The molecular weight excluding hydrogens is 378 g/mol. The Morgan fingerprint density at radius 2 is 1.65 bits per heavy atom. The lowest BCUT2D eigenvalue weighted by atomic mass is 10.1. The van der Waals surface area contributed by atoms with Crippen molar-refractivity contribution in [2.24, 2.45) is 0 Å². The van der Waals surface area contributed by atoms with Crippen molar-refractivity contribution in [1.29, 1.82) is 0 Å². The Kier molecular flexibility index (Phi) is 10.9. The first-order valence-electron chi connectivity index (χ1n) is 8.24. The molecule has 0 saturated heterocycles. The summed E-state index contributed by atoms with van der Waals surface area (Å²) in [7, 11) is -0.758. The molecular formula is C17H29NO6S2. The number of rotatable bonds is 6. The summed E-state index contributed by atoms with van der Waals surface area (Å²) < 4.78 is 37.4. The predicted molar refractivity (Wildman–Crippen MR) is 104 cm³/mol. The lowest BCUT2D eigenvalue weighted by Crippen LogP contribution is -2.25. The van der Waals surface area contributed by atoms with Crippen molar-refractivity contribution in [2.75, 3.05) is 32.2 Å². The third kappa shape index (κ3) is 8.88. The summed E-state index contributed by atoms with van der Waals surface area (Å²) in [4.78, 5) is 14.4. The highest BCUT2D eigenvalue weighted by Crippen LogP contribution is 2.28. The summed E-state index contributed by atoms with van der Waals surface area (Å²) in [5.74, 6) is 2.98. The van der Waals surface area contributed by atoms with Crippen LogP contribution in [0.4, 0.5) is 4.79 Å². The SMILES string of the molecule is CCOS(=O)(=O)[O-].CC[S+](CC)c1cc(C)c(OC(=O)N(C)C)cc1C. The van der Waals surface area contributed by atoms with Gasteiger partial charge in [-0.15, -0.1) is 0 Å². The van der Waals surface area contributed by atoms with Crippen LogP contribution in [0.2, 0.25) is 0 Å². The van der Waals surface area contributed by atoms with Crippen LogP contribution < -0.4 is 4.74 Å². The minimum absolute atomic E-state index is 0.0914. The molecule has 0 fully saturated rings. The van der Waals surface area contributed by atoms with Crippen LogP contribution >= 0.6 is 0 Å². The van der Waals surface area contributed by atoms with Crippen LogP contribution in [-0.2, 0) is 25.5 Å². The molecule has 0 radical (unpaired) electrons. The molecule has 0 bridgehead atoms. The normalized spacial score (nSPS) is 11.0. The molecule has 9 heteroatoms. The van der Waals surface area contributed by atoms with Crippen molar-refractivity contribution < 1.29 is 26.7 Å². The van der Waals surface area contributed by atoms with Crippen molar-refractivity contribution in [3.63, 3.8) is 0 Å². The van der Waals surface area contributed by atoms with Crippen molar-refractivity contribution in [2.45, 2.75) is 39.5 Å². The molecule has 0 heterocycles. The third-order valence-electron chi connectivity index (χ3n) is 3.31. The van der Waals surface area contributed by atoms with E-state index in [1.165, 1.54) is 22.3 Å². The van der Waals surface area contributed by atoms with E-state index in [4.69, 9.17) is 4.74 Å². The molecule has 1 aromatic rings. The molecule has 150 valence electrons. The standard InChI is InChI=1S/C15H24NO2S.C2H6O4S/c1-7-19(8-2)14-10-11(3)13(9-12(14)4)18-15(17)16(5)6;1-2-6-7(3,4)5/h9-10H,7-8H2,1-6H3;2H2,1H3,(H,3,4,5)/q+1;/p-1. The lowest BCUT2D eigenvalue weighted by molar-refractivity contribution is 0.171. The van der Waals surface area contributed by atoms with Crippen LogP contribution in [0, 0.1) is 13.8 Å². The Hall–Kier alpha value is -1.29. The van der Waals surface area contributed by atoms with Crippen LogP contribution in [0.15, 0.2) is 17.0 Å². The molecule has 0 aliphatic heterocycles. The van der Waals surface area contributed by atoms with Gasteiger partial charge in [0.2, 0.25) is 10.4 Å². The molecule has 1 amide bonds. The first-order valence-corrected chi connectivity index (χ1v) is 11.1. The zero-order valence-electron chi connectivity index (χ0n) is 16.5. The average Bonchev–Trinajstić information content (AvgIpc) is 2.52. The monoisotopic (exact) mass is 407 g/mol. The van der Waals surface area contributed by atoms with Gasteiger partial charge in [-0.1, -0.05) is 0 Å². The quantitative estimate of drug-likeness (QED) is 0.409. The maximum Gasteiger partial charge on any atom is 0.414 e. The molecule has 26 heavy (non-hydrogen) atoms. The Balaban J connectivity index is 0.000000758. The average molecular weight is 408 g/mol. The summed E-state index contributed by atoms with van der Waals surface area (Å²) in [5, 5.41) is 0. The number of carbonyl (C=O) groups excluding carboxylic acids is 1. The first kappa shape index (κ1) is 24.7. The lowest BCUT2D eigenvalue weighted by Gasteiger charge is -2.14. The largest absolute Gasteiger partial charge is 0.726 e.